The molecule has 0 aliphatic heterocycles. The van der Waals surface area contributed by atoms with Gasteiger partial charge in [0, 0.05) is 17.6 Å². The maximum Gasteiger partial charge on any atom is 0.434 e. The summed E-state index contributed by atoms with van der Waals surface area (Å²) < 4.78 is 42.5. The minimum atomic E-state index is -4.76. The molecule has 0 saturated heterocycles. The summed E-state index contributed by atoms with van der Waals surface area (Å²) in [6, 6.07) is 15.0. The van der Waals surface area contributed by atoms with Gasteiger partial charge in [0.15, 0.2) is 5.69 Å². The van der Waals surface area contributed by atoms with E-state index >= 15 is 0 Å². The van der Waals surface area contributed by atoms with E-state index in [-0.39, 0.29) is 11.7 Å². The van der Waals surface area contributed by atoms with E-state index in [9.17, 15) is 18.0 Å². The Labute approximate surface area is 177 Å². The fourth-order valence-corrected chi connectivity index (χ4v) is 3.32. The van der Waals surface area contributed by atoms with E-state index in [0.717, 1.165) is 16.4 Å². The van der Waals surface area contributed by atoms with Gasteiger partial charge in [0.25, 0.3) is 5.91 Å². The van der Waals surface area contributed by atoms with E-state index < -0.39 is 23.3 Å². The summed E-state index contributed by atoms with van der Waals surface area (Å²) in [6.45, 7) is 3.85. The van der Waals surface area contributed by atoms with Crippen LogP contribution in [-0.4, -0.2) is 33.2 Å². The van der Waals surface area contributed by atoms with E-state index in [2.05, 4.69) is 5.10 Å². The Morgan fingerprint density at radius 3 is 2.30 bits per heavy atom. The fraction of sp³-hybridized carbons (Fsp3) is 0.273. The number of carbonyl (C=O) groups is 1. The predicted molar refractivity (Wildman–Crippen MR) is 110 cm³/mol. The normalized spacial score (nSPS) is 11.7. The summed E-state index contributed by atoms with van der Waals surface area (Å²) in [5.74, 6) is -0.700. The molecule has 1 amide bonds. The van der Waals surface area contributed by atoms with Crippen molar-refractivity contribution in [3.8, 4) is 5.69 Å². The van der Waals surface area contributed by atoms with Crippen LogP contribution in [0.15, 0.2) is 60.8 Å². The number of aromatic nitrogens is 2. The molecule has 0 fully saturated rings. The minimum Gasteiger partial charge on any atom is -0.336 e. The van der Waals surface area contributed by atoms with E-state index in [1.54, 1.807) is 13.8 Å². The molecule has 0 aliphatic rings. The second-order valence-electron chi connectivity index (χ2n) is 7.12. The minimum absolute atomic E-state index is 0.172. The van der Waals surface area contributed by atoms with Gasteiger partial charge in [0.1, 0.15) is 0 Å². The molecule has 1 aromatic heterocycles. The lowest BCUT2D eigenvalue weighted by Gasteiger charge is -2.27. The maximum atomic E-state index is 13.9. The zero-order chi connectivity index (χ0) is 21.9. The summed E-state index contributed by atoms with van der Waals surface area (Å²) in [5.41, 5.74) is -0.394. The quantitative estimate of drug-likeness (QED) is 0.502. The van der Waals surface area contributed by atoms with Crippen LogP contribution in [0.2, 0.25) is 5.02 Å². The molecular weight excluding hydrogens is 415 g/mol. The van der Waals surface area contributed by atoms with Gasteiger partial charge in [0.05, 0.1) is 17.4 Å². The van der Waals surface area contributed by atoms with Crippen LogP contribution in [0.5, 0.6) is 0 Å². The predicted octanol–water partition coefficient (Wildman–Crippen LogP) is 5.64. The number of hydrogen-bond donors (Lipinski definition) is 0. The molecule has 0 bridgehead atoms. The van der Waals surface area contributed by atoms with Crippen LogP contribution in [-0.2, 0) is 12.6 Å². The molecule has 0 saturated carbocycles. The van der Waals surface area contributed by atoms with Gasteiger partial charge in [-0.1, -0.05) is 41.9 Å². The zero-order valence-corrected chi connectivity index (χ0v) is 17.3. The monoisotopic (exact) mass is 435 g/mol. The first-order chi connectivity index (χ1) is 14.2. The molecule has 0 spiro atoms. The van der Waals surface area contributed by atoms with Crippen molar-refractivity contribution in [3.05, 3.63) is 82.6 Å². The van der Waals surface area contributed by atoms with Crippen LogP contribution in [0.25, 0.3) is 5.69 Å². The third-order valence-electron chi connectivity index (χ3n) is 4.71. The Bertz CT molecular complexity index is 999. The Balaban J connectivity index is 1.96. The molecule has 1 heterocycles. The number of halogens is 4. The molecule has 2 aromatic carbocycles. The molecule has 0 N–H and O–H groups in total. The smallest absolute Gasteiger partial charge is 0.336 e. The van der Waals surface area contributed by atoms with E-state index in [0.29, 0.717) is 18.0 Å². The SMILES string of the molecule is CC(C)N(CCc1ccccc1)C(=O)c1cnn(-c2ccc(Cl)cc2)c1C(F)(F)F. The van der Waals surface area contributed by atoms with E-state index in [4.69, 9.17) is 11.6 Å². The summed E-state index contributed by atoms with van der Waals surface area (Å²) in [7, 11) is 0. The van der Waals surface area contributed by atoms with Crippen molar-refractivity contribution in [2.45, 2.75) is 32.5 Å². The van der Waals surface area contributed by atoms with Crippen molar-refractivity contribution in [3.63, 3.8) is 0 Å². The highest BCUT2D eigenvalue weighted by Crippen LogP contribution is 2.34. The lowest BCUT2D eigenvalue weighted by atomic mass is 10.1. The highest BCUT2D eigenvalue weighted by Gasteiger charge is 2.41. The van der Waals surface area contributed by atoms with Gasteiger partial charge >= 0.3 is 6.18 Å². The van der Waals surface area contributed by atoms with Crippen molar-refractivity contribution in [1.29, 1.82) is 0 Å². The van der Waals surface area contributed by atoms with Gasteiger partial charge in [-0.3, -0.25) is 4.79 Å². The Kier molecular flexibility index (Phi) is 6.51. The van der Waals surface area contributed by atoms with Gasteiger partial charge < -0.3 is 4.90 Å². The first-order valence-corrected chi connectivity index (χ1v) is 9.82. The molecule has 3 rings (SSSR count). The fourth-order valence-electron chi connectivity index (χ4n) is 3.20. The molecule has 0 radical (unpaired) electrons. The number of nitrogens with zero attached hydrogens (tertiary/aromatic N) is 3. The zero-order valence-electron chi connectivity index (χ0n) is 16.5. The number of carbonyl (C=O) groups excluding carboxylic acids is 1. The van der Waals surface area contributed by atoms with Crippen molar-refractivity contribution in [1.82, 2.24) is 14.7 Å². The highest BCUT2D eigenvalue weighted by molar-refractivity contribution is 6.30. The molecule has 158 valence electrons. The average molecular weight is 436 g/mol. The Morgan fingerprint density at radius 2 is 1.73 bits per heavy atom. The van der Waals surface area contributed by atoms with E-state index in [1.165, 1.54) is 29.2 Å². The second kappa shape index (κ2) is 8.92. The van der Waals surface area contributed by atoms with Crippen LogP contribution in [0.1, 0.15) is 35.5 Å². The first-order valence-electron chi connectivity index (χ1n) is 9.44. The first kappa shape index (κ1) is 21.9. The molecule has 30 heavy (non-hydrogen) atoms. The molecular formula is C22H21ClF3N3O. The molecule has 0 atom stereocenters. The van der Waals surface area contributed by atoms with Crippen molar-refractivity contribution >= 4 is 17.5 Å². The second-order valence-corrected chi connectivity index (χ2v) is 7.56. The lowest BCUT2D eigenvalue weighted by Crippen LogP contribution is -2.39. The summed E-state index contributed by atoms with van der Waals surface area (Å²) in [6.07, 6.45) is -3.24. The third-order valence-corrected chi connectivity index (χ3v) is 4.96. The number of benzene rings is 2. The molecule has 8 heteroatoms. The van der Waals surface area contributed by atoms with Crippen LogP contribution < -0.4 is 0 Å². The molecule has 0 aliphatic carbocycles. The lowest BCUT2D eigenvalue weighted by molar-refractivity contribution is -0.143. The van der Waals surface area contributed by atoms with Crippen LogP contribution >= 0.6 is 11.6 Å². The summed E-state index contributed by atoms with van der Waals surface area (Å²) >= 11 is 5.83. The number of alkyl halides is 3. The largest absolute Gasteiger partial charge is 0.434 e. The van der Waals surface area contributed by atoms with Crippen molar-refractivity contribution in [2.24, 2.45) is 0 Å². The Morgan fingerprint density at radius 1 is 1.10 bits per heavy atom. The summed E-state index contributed by atoms with van der Waals surface area (Å²) in [5, 5.41) is 4.26. The highest BCUT2D eigenvalue weighted by atomic mass is 35.5. The number of rotatable bonds is 6. The summed E-state index contributed by atoms with van der Waals surface area (Å²) in [4.78, 5) is 14.6. The molecule has 4 nitrogen and oxygen atoms in total. The van der Waals surface area contributed by atoms with Crippen molar-refractivity contribution in [2.75, 3.05) is 6.54 Å². The van der Waals surface area contributed by atoms with Gasteiger partial charge in [0.2, 0.25) is 0 Å². The van der Waals surface area contributed by atoms with Gasteiger partial charge in [-0.2, -0.15) is 18.3 Å². The van der Waals surface area contributed by atoms with Gasteiger partial charge in [-0.05, 0) is 50.1 Å². The van der Waals surface area contributed by atoms with Crippen molar-refractivity contribution < 1.29 is 18.0 Å². The third kappa shape index (κ3) is 4.84. The van der Waals surface area contributed by atoms with Gasteiger partial charge in [-0.25, -0.2) is 4.68 Å². The number of hydrogen-bond acceptors (Lipinski definition) is 2. The topological polar surface area (TPSA) is 38.1 Å². The van der Waals surface area contributed by atoms with Crippen LogP contribution in [0.3, 0.4) is 0 Å². The van der Waals surface area contributed by atoms with Crippen LogP contribution in [0, 0.1) is 0 Å². The van der Waals surface area contributed by atoms with Gasteiger partial charge in [-0.15, -0.1) is 0 Å². The maximum absolute atomic E-state index is 13.9. The van der Waals surface area contributed by atoms with Crippen LogP contribution in [0.4, 0.5) is 13.2 Å². The van der Waals surface area contributed by atoms with E-state index in [1.807, 2.05) is 30.3 Å². The standard InChI is InChI=1S/C22H21ClF3N3O/c1-15(2)28(13-12-16-6-4-3-5-7-16)21(30)19-14-27-29(20(19)22(24,25)26)18-10-8-17(23)9-11-18/h3-11,14-15H,12-13H2,1-2H3. The molecule has 0 unspecified atom stereocenters. The average Bonchev–Trinajstić information content (AvgIpc) is 3.15. The molecule has 3 aromatic rings. The number of amides is 1. The Hall–Kier alpha value is -2.80.